The minimum absolute atomic E-state index is 0.296. The molecule has 0 spiro atoms. The monoisotopic (exact) mass is 308 g/mol. The first kappa shape index (κ1) is 13.6. The fourth-order valence-electron chi connectivity index (χ4n) is 2.83. The van der Waals surface area contributed by atoms with Crippen LogP contribution in [0.3, 0.4) is 0 Å². The summed E-state index contributed by atoms with van der Waals surface area (Å²) in [4.78, 5) is 17.2. The number of nitrogens with zero attached hydrogens (tertiary/aromatic N) is 4. The molecule has 2 aromatic heterocycles. The Balaban J connectivity index is 2.10. The molecule has 0 N–H and O–H groups in total. The van der Waals surface area contributed by atoms with E-state index in [4.69, 9.17) is 0 Å². The van der Waals surface area contributed by atoms with Crippen LogP contribution in [-0.4, -0.2) is 19.3 Å². The maximum Gasteiger partial charge on any atom is 0.282 e. The van der Waals surface area contributed by atoms with E-state index in [2.05, 4.69) is 10.1 Å². The van der Waals surface area contributed by atoms with E-state index in [1.165, 1.54) is 16.8 Å². The van der Waals surface area contributed by atoms with Crippen molar-refractivity contribution in [3.8, 4) is 5.95 Å². The maximum atomic E-state index is 13.5. The van der Waals surface area contributed by atoms with Crippen LogP contribution in [0.1, 0.15) is 5.69 Å². The molecule has 0 amide bonds. The lowest BCUT2D eigenvalue weighted by atomic mass is 10.1. The summed E-state index contributed by atoms with van der Waals surface area (Å²) in [5.74, 6) is -0.0396. The highest BCUT2D eigenvalue weighted by molar-refractivity contribution is 5.84. The molecule has 4 rings (SSSR count). The zero-order valence-electron chi connectivity index (χ0n) is 12.6. The van der Waals surface area contributed by atoms with Gasteiger partial charge in [-0.15, -0.1) is 0 Å². The van der Waals surface area contributed by atoms with Gasteiger partial charge in [0.2, 0.25) is 5.95 Å². The van der Waals surface area contributed by atoms with E-state index in [1.807, 2.05) is 31.3 Å². The molecule has 0 bridgehead atoms. The highest BCUT2D eigenvalue weighted by atomic mass is 19.1. The Kier molecular flexibility index (Phi) is 2.81. The Morgan fingerprint density at radius 1 is 1.09 bits per heavy atom. The number of aryl methyl sites for hydroxylation is 2. The first-order valence-electron chi connectivity index (χ1n) is 7.17. The number of aromatic nitrogens is 4. The molecule has 114 valence electrons. The molecule has 0 aliphatic carbocycles. The maximum absolute atomic E-state index is 13.5. The van der Waals surface area contributed by atoms with Gasteiger partial charge in [-0.25, -0.2) is 9.37 Å². The minimum Gasteiger partial charge on any atom is -0.311 e. The van der Waals surface area contributed by atoms with E-state index >= 15 is 0 Å². The zero-order valence-corrected chi connectivity index (χ0v) is 12.6. The van der Waals surface area contributed by atoms with Crippen molar-refractivity contribution in [2.75, 3.05) is 0 Å². The van der Waals surface area contributed by atoms with Crippen molar-refractivity contribution in [2.24, 2.45) is 7.05 Å². The first-order chi connectivity index (χ1) is 11.1. The molecule has 2 heterocycles. The van der Waals surface area contributed by atoms with Crippen LogP contribution >= 0.6 is 0 Å². The van der Waals surface area contributed by atoms with Gasteiger partial charge in [-0.3, -0.25) is 4.79 Å². The normalized spacial score (nSPS) is 11.4. The number of rotatable bonds is 1. The van der Waals surface area contributed by atoms with Crippen LogP contribution in [0.2, 0.25) is 0 Å². The Labute approximate surface area is 130 Å². The van der Waals surface area contributed by atoms with Crippen molar-refractivity contribution in [1.29, 1.82) is 0 Å². The van der Waals surface area contributed by atoms with Gasteiger partial charge in [-0.2, -0.15) is 9.78 Å². The molecule has 0 saturated carbocycles. The first-order valence-corrected chi connectivity index (χ1v) is 7.17. The molecule has 0 aliphatic heterocycles. The Morgan fingerprint density at radius 3 is 2.65 bits per heavy atom. The molecular weight excluding hydrogens is 295 g/mol. The molecule has 0 unspecified atom stereocenters. The number of halogens is 1. The summed E-state index contributed by atoms with van der Waals surface area (Å²) in [7, 11) is 1.82. The number of fused-ring (bicyclic) bond motifs is 2. The number of imidazole rings is 1. The lowest BCUT2D eigenvalue weighted by Gasteiger charge is -2.08. The van der Waals surface area contributed by atoms with Gasteiger partial charge in [0.05, 0.1) is 22.1 Å². The van der Waals surface area contributed by atoms with Crippen molar-refractivity contribution in [1.82, 2.24) is 19.3 Å². The Bertz CT molecular complexity index is 1130. The van der Waals surface area contributed by atoms with E-state index in [-0.39, 0.29) is 5.56 Å². The average molecular weight is 308 g/mol. The smallest absolute Gasteiger partial charge is 0.282 e. The van der Waals surface area contributed by atoms with Gasteiger partial charge in [0.15, 0.2) is 0 Å². The summed E-state index contributed by atoms with van der Waals surface area (Å²) in [6.07, 6.45) is 0. The summed E-state index contributed by atoms with van der Waals surface area (Å²) in [6.45, 7) is 1.79. The van der Waals surface area contributed by atoms with Gasteiger partial charge < -0.3 is 4.57 Å². The fourth-order valence-corrected chi connectivity index (χ4v) is 2.83. The van der Waals surface area contributed by atoms with Crippen LogP contribution in [0.4, 0.5) is 4.39 Å². The molecule has 6 heteroatoms. The molecule has 0 radical (unpaired) electrons. The van der Waals surface area contributed by atoms with E-state index in [9.17, 15) is 9.18 Å². The average Bonchev–Trinajstić information content (AvgIpc) is 2.88. The predicted octanol–water partition coefficient (Wildman–Crippen LogP) is 2.72. The molecule has 2 aromatic carbocycles. The highest BCUT2D eigenvalue weighted by Gasteiger charge is 2.15. The zero-order chi connectivity index (χ0) is 16.1. The van der Waals surface area contributed by atoms with Gasteiger partial charge in [-0.05, 0) is 37.3 Å². The minimum atomic E-state index is -0.447. The molecule has 23 heavy (non-hydrogen) atoms. The lowest BCUT2D eigenvalue weighted by Crippen LogP contribution is -2.25. The number of hydrogen-bond acceptors (Lipinski definition) is 3. The third-order valence-electron chi connectivity index (χ3n) is 4.00. The largest absolute Gasteiger partial charge is 0.311 e. The van der Waals surface area contributed by atoms with Crippen LogP contribution in [0, 0.1) is 12.7 Å². The van der Waals surface area contributed by atoms with Gasteiger partial charge in [0, 0.05) is 12.4 Å². The van der Waals surface area contributed by atoms with Gasteiger partial charge in [0.1, 0.15) is 5.82 Å². The van der Waals surface area contributed by atoms with Crippen LogP contribution in [0.15, 0.2) is 47.3 Å². The third-order valence-corrected chi connectivity index (χ3v) is 4.00. The molecule has 4 aromatic rings. The molecule has 0 saturated heterocycles. The summed E-state index contributed by atoms with van der Waals surface area (Å²) < 4.78 is 16.6. The summed E-state index contributed by atoms with van der Waals surface area (Å²) in [5.41, 5.74) is 1.93. The van der Waals surface area contributed by atoms with Crippen molar-refractivity contribution < 1.29 is 4.39 Å². The highest BCUT2D eigenvalue weighted by Crippen LogP contribution is 2.18. The number of hydrogen-bond donors (Lipinski definition) is 0. The Hall–Kier alpha value is -3.02. The van der Waals surface area contributed by atoms with Crippen molar-refractivity contribution >= 4 is 21.8 Å². The van der Waals surface area contributed by atoms with Gasteiger partial charge >= 0.3 is 0 Å². The molecule has 5 nitrogen and oxygen atoms in total. The van der Waals surface area contributed by atoms with Crippen LogP contribution in [0.5, 0.6) is 0 Å². The standard InChI is InChI=1S/C17H13FN4O/c1-10-12-8-7-11(18)9-13(12)16(23)22(20-10)17-19-14-5-3-4-6-15(14)21(17)2/h3-9H,1-2H3. The molecule has 0 fully saturated rings. The fraction of sp³-hybridized carbons (Fsp3) is 0.118. The second-order valence-corrected chi connectivity index (χ2v) is 5.45. The number of para-hydroxylation sites is 2. The van der Waals surface area contributed by atoms with E-state index < -0.39 is 5.82 Å². The van der Waals surface area contributed by atoms with Crippen LogP contribution < -0.4 is 5.56 Å². The summed E-state index contributed by atoms with van der Waals surface area (Å²) in [6, 6.07) is 11.7. The molecule has 0 aliphatic rings. The summed E-state index contributed by atoms with van der Waals surface area (Å²) >= 11 is 0. The van der Waals surface area contributed by atoms with Crippen LogP contribution in [-0.2, 0) is 7.05 Å². The SMILES string of the molecule is Cc1nn(-c2nc3ccccc3n2C)c(=O)c2cc(F)ccc12. The van der Waals surface area contributed by atoms with Crippen molar-refractivity contribution in [3.05, 3.63) is 64.3 Å². The van der Waals surface area contributed by atoms with E-state index in [1.54, 1.807) is 17.6 Å². The lowest BCUT2D eigenvalue weighted by molar-refractivity contribution is 0.629. The Morgan fingerprint density at radius 2 is 1.87 bits per heavy atom. The predicted molar refractivity (Wildman–Crippen MR) is 86.3 cm³/mol. The second-order valence-electron chi connectivity index (χ2n) is 5.45. The summed E-state index contributed by atoms with van der Waals surface area (Å²) in [5, 5.41) is 5.30. The molecular formula is C17H13FN4O. The van der Waals surface area contributed by atoms with E-state index in [0.29, 0.717) is 22.4 Å². The van der Waals surface area contributed by atoms with Crippen molar-refractivity contribution in [2.45, 2.75) is 6.92 Å². The third kappa shape index (κ3) is 1.95. The quantitative estimate of drug-likeness (QED) is 0.543. The van der Waals surface area contributed by atoms with Gasteiger partial charge in [0.25, 0.3) is 5.56 Å². The second kappa shape index (κ2) is 4.74. The number of benzene rings is 2. The van der Waals surface area contributed by atoms with Crippen molar-refractivity contribution in [3.63, 3.8) is 0 Å². The molecule has 0 atom stereocenters. The van der Waals surface area contributed by atoms with E-state index in [0.717, 1.165) is 11.0 Å². The van der Waals surface area contributed by atoms with Crippen LogP contribution in [0.25, 0.3) is 27.8 Å². The topological polar surface area (TPSA) is 52.7 Å². The van der Waals surface area contributed by atoms with Gasteiger partial charge in [-0.1, -0.05) is 12.1 Å².